The molecule has 0 aliphatic carbocycles. The number of nitrogens with zero attached hydrogens (tertiary/aromatic N) is 2. The van der Waals surface area contributed by atoms with Crippen LogP contribution < -0.4 is 10.6 Å². The number of carbonyl (C=O) groups is 1. The number of aliphatic imine (C=N–C) groups is 1. The van der Waals surface area contributed by atoms with Crippen LogP contribution in [0.2, 0.25) is 0 Å². The summed E-state index contributed by atoms with van der Waals surface area (Å²) in [6, 6.07) is 12.1. The predicted octanol–water partition coefficient (Wildman–Crippen LogP) is 3.93. The number of rotatable bonds is 8. The molecule has 2 aromatic rings. The number of amides is 1. The van der Waals surface area contributed by atoms with Gasteiger partial charge < -0.3 is 15.5 Å². The molecule has 0 saturated carbocycles. The van der Waals surface area contributed by atoms with Crippen LogP contribution in [-0.2, 0) is 19.4 Å². The Kier molecular flexibility index (Phi) is 11.1. The summed E-state index contributed by atoms with van der Waals surface area (Å²) in [4.78, 5) is 21.0. The van der Waals surface area contributed by atoms with E-state index in [0.29, 0.717) is 6.54 Å². The van der Waals surface area contributed by atoms with Crippen molar-refractivity contribution in [2.45, 2.75) is 33.2 Å². The topological polar surface area (TPSA) is 56.7 Å². The van der Waals surface area contributed by atoms with Crippen molar-refractivity contribution in [1.82, 2.24) is 15.5 Å². The van der Waals surface area contributed by atoms with Crippen molar-refractivity contribution in [3.05, 3.63) is 57.3 Å². The second kappa shape index (κ2) is 12.8. The average Bonchev–Trinajstić information content (AvgIpc) is 3.13. The van der Waals surface area contributed by atoms with Crippen LogP contribution in [0.4, 0.5) is 0 Å². The molecule has 5 nitrogen and oxygen atoms in total. The zero-order chi connectivity index (χ0) is 19.6. The average molecular weight is 514 g/mol. The summed E-state index contributed by atoms with van der Waals surface area (Å²) in [5.74, 6) is 0.853. The second-order valence-corrected chi connectivity index (χ2v) is 7.75. The number of hydrogen-bond donors (Lipinski definition) is 2. The summed E-state index contributed by atoms with van der Waals surface area (Å²) >= 11 is 1.82. The first-order valence-corrected chi connectivity index (χ1v) is 10.3. The van der Waals surface area contributed by atoms with Crippen molar-refractivity contribution in [1.29, 1.82) is 0 Å². The quantitative estimate of drug-likeness (QED) is 0.319. The number of benzene rings is 1. The van der Waals surface area contributed by atoms with E-state index in [0.717, 1.165) is 43.0 Å². The molecule has 1 aromatic carbocycles. The van der Waals surface area contributed by atoms with Crippen LogP contribution in [0.5, 0.6) is 0 Å². The zero-order valence-electron chi connectivity index (χ0n) is 17.1. The maximum absolute atomic E-state index is 12.1. The van der Waals surface area contributed by atoms with Gasteiger partial charge in [-0.25, -0.2) is 4.99 Å². The van der Waals surface area contributed by atoms with Gasteiger partial charge in [0.25, 0.3) is 5.91 Å². The number of guanidine groups is 1. The number of nitrogens with one attached hydrogen (secondary N) is 2. The van der Waals surface area contributed by atoms with E-state index in [1.165, 1.54) is 9.75 Å². The lowest BCUT2D eigenvalue weighted by molar-refractivity contribution is 0.0827. The fourth-order valence-corrected chi connectivity index (χ4v) is 3.52. The highest BCUT2D eigenvalue weighted by molar-refractivity contribution is 14.0. The molecule has 28 heavy (non-hydrogen) atoms. The Morgan fingerprint density at radius 3 is 2.50 bits per heavy atom. The van der Waals surface area contributed by atoms with Gasteiger partial charge in [0.1, 0.15) is 0 Å². The van der Waals surface area contributed by atoms with E-state index >= 15 is 0 Å². The van der Waals surface area contributed by atoms with Crippen molar-refractivity contribution in [3.8, 4) is 0 Å². The molecule has 1 heterocycles. The summed E-state index contributed by atoms with van der Waals surface area (Å²) in [6.07, 6.45) is 1.90. The molecule has 0 saturated heterocycles. The van der Waals surface area contributed by atoms with Crippen molar-refractivity contribution in [2.75, 3.05) is 27.2 Å². The van der Waals surface area contributed by atoms with Gasteiger partial charge in [0, 0.05) is 42.5 Å². The number of hydrogen-bond acceptors (Lipinski definition) is 3. The molecule has 0 unspecified atom stereocenters. The van der Waals surface area contributed by atoms with Crippen molar-refractivity contribution < 1.29 is 4.79 Å². The predicted molar refractivity (Wildman–Crippen MR) is 130 cm³/mol. The molecule has 0 bridgehead atoms. The van der Waals surface area contributed by atoms with Crippen molar-refractivity contribution >= 4 is 47.2 Å². The van der Waals surface area contributed by atoms with Crippen LogP contribution in [0.1, 0.15) is 39.5 Å². The first-order chi connectivity index (χ1) is 13.0. The Morgan fingerprint density at radius 1 is 1.11 bits per heavy atom. The number of thiophene rings is 1. The molecular weight excluding hydrogens is 483 g/mol. The van der Waals surface area contributed by atoms with E-state index in [-0.39, 0.29) is 29.9 Å². The lowest BCUT2D eigenvalue weighted by Crippen LogP contribution is -2.38. The number of aryl methyl sites for hydroxylation is 1. The molecule has 2 N–H and O–H groups in total. The lowest BCUT2D eigenvalue weighted by Gasteiger charge is -2.13. The van der Waals surface area contributed by atoms with Crippen molar-refractivity contribution in [3.63, 3.8) is 0 Å². The summed E-state index contributed by atoms with van der Waals surface area (Å²) in [5, 5.41) is 6.67. The molecule has 0 aliphatic rings. The fourth-order valence-electron chi connectivity index (χ4n) is 2.64. The van der Waals surface area contributed by atoms with E-state index in [4.69, 9.17) is 0 Å². The third-order valence-electron chi connectivity index (χ3n) is 4.09. The largest absolute Gasteiger partial charge is 0.357 e. The van der Waals surface area contributed by atoms with Crippen LogP contribution in [-0.4, -0.2) is 44.0 Å². The van der Waals surface area contributed by atoms with Crippen LogP contribution in [0.3, 0.4) is 0 Å². The zero-order valence-corrected chi connectivity index (χ0v) is 20.3. The molecule has 7 heteroatoms. The Labute approximate surface area is 189 Å². The Hall–Kier alpha value is -1.61. The van der Waals surface area contributed by atoms with E-state index in [9.17, 15) is 4.79 Å². The van der Waals surface area contributed by atoms with Crippen LogP contribution >= 0.6 is 35.3 Å². The molecular formula is C21H31IN4OS. The first kappa shape index (κ1) is 24.4. The molecule has 0 spiro atoms. The van der Waals surface area contributed by atoms with Crippen molar-refractivity contribution in [2.24, 2.45) is 4.99 Å². The summed E-state index contributed by atoms with van der Waals surface area (Å²) in [7, 11) is 3.54. The third-order valence-corrected chi connectivity index (χ3v) is 5.30. The smallest absolute Gasteiger partial charge is 0.253 e. The van der Waals surface area contributed by atoms with Crippen LogP contribution in [0, 0.1) is 0 Å². The summed E-state index contributed by atoms with van der Waals surface area (Å²) < 4.78 is 0. The Morgan fingerprint density at radius 2 is 1.86 bits per heavy atom. The van der Waals surface area contributed by atoms with Crippen LogP contribution in [0.25, 0.3) is 0 Å². The van der Waals surface area contributed by atoms with Gasteiger partial charge in [0.2, 0.25) is 0 Å². The molecule has 154 valence electrons. The molecule has 0 aliphatic heterocycles. The van der Waals surface area contributed by atoms with Gasteiger partial charge in [-0.15, -0.1) is 35.3 Å². The monoisotopic (exact) mass is 514 g/mol. The highest BCUT2D eigenvalue weighted by Crippen LogP contribution is 2.17. The van der Waals surface area contributed by atoms with E-state index < -0.39 is 0 Å². The fraction of sp³-hybridized carbons (Fsp3) is 0.429. The normalized spacial score (nSPS) is 10.9. The Balaban J connectivity index is 0.00000392. The SMILES string of the molecule is CCNC(=NCc1ccc(CC)s1)NCCc1cccc(C(=O)N(C)C)c1.I. The first-order valence-electron chi connectivity index (χ1n) is 9.43. The maximum Gasteiger partial charge on any atom is 0.253 e. The van der Waals surface area contributed by atoms with Gasteiger partial charge in [-0.2, -0.15) is 0 Å². The third kappa shape index (κ3) is 7.79. The van der Waals surface area contributed by atoms with E-state index in [2.05, 4.69) is 47.7 Å². The minimum absolute atomic E-state index is 0. The highest BCUT2D eigenvalue weighted by Gasteiger charge is 2.08. The molecule has 1 amide bonds. The van der Waals surface area contributed by atoms with Gasteiger partial charge in [-0.3, -0.25) is 4.79 Å². The minimum atomic E-state index is 0. The molecule has 2 rings (SSSR count). The maximum atomic E-state index is 12.1. The second-order valence-electron chi connectivity index (χ2n) is 6.49. The molecule has 1 aromatic heterocycles. The Bertz CT molecular complexity index is 773. The summed E-state index contributed by atoms with van der Waals surface area (Å²) in [6.45, 7) is 6.51. The van der Waals surface area contributed by atoms with Gasteiger partial charge in [0.05, 0.1) is 6.54 Å². The van der Waals surface area contributed by atoms with E-state index in [1.54, 1.807) is 19.0 Å². The van der Waals surface area contributed by atoms with Crippen LogP contribution in [0.15, 0.2) is 41.4 Å². The molecule has 0 fully saturated rings. The van der Waals surface area contributed by atoms with Gasteiger partial charge in [-0.1, -0.05) is 19.1 Å². The number of carbonyl (C=O) groups excluding carboxylic acids is 1. The standard InChI is InChI=1S/C21H30N4OS.HI/c1-5-18-10-11-19(27-18)15-24-21(22-6-2)23-13-12-16-8-7-9-17(14-16)20(26)25(3)4;/h7-11,14H,5-6,12-13,15H2,1-4H3,(H2,22,23,24);1H. The van der Waals surface area contributed by atoms with Gasteiger partial charge in [-0.05, 0) is 49.6 Å². The highest BCUT2D eigenvalue weighted by atomic mass is 127. The van der Waals surface area contributed by atoms with E-state index in [1.807, 2.05) is 29.5 Å². The molecule has 0 radical (unpaired) electrons. The summed E-state index contributed by atoms with van der Waals surface area (Å²) in [5.41, 5.74) is 1.86. The molecule has 0 atom stereocenters. The van der Waals surface area contributed by atoms with Gasteiger partial charge >= 0.3 is 0 Å². The lowest BCUT2D eigenvalue weighted by atomic mass is 10.1. The van der Waals surface area contributed by atoms with Gasteiger partial charge in [0.15, 0.2) is 5.96 Å². The number of halogens is 1. The minimum Gasteiger partial charge on any atom is -0.357 e.